The number of nitro benzene ring substituents is 1. The lowest BCUT2D eigenvalue weighted by atomic mass is 10.1. The van der Waals surface area contributed by atoms with Crippen LogP contribution in [0.3, 0.4) is 0 Å². The summed E-state index contributed by atoms with van der Waals surface area (Å²) in [5.41, 5.74) is 1.33. The van der Waals surface area contributed by atoms with Crippen molar-refractivity contribution in [1.82, 2.24) is 0 Å². The van der Waals surface area contributed by atoms with Gasteiger partial charge in [-0.25, -0.2) is 4.79 Å². The molecule has 1 heterocycles. The van der Waals surface area contributed by atoms with E-state index in [0.717, 1.165) is 0 Å². The molecule has 0 saturated carbocycles. The van der Waals surface area contributed by atoms with Gasteiger partial charge in [0, 0.05) is 16.7 Å². The van der Waals surface area contributed by atoms with Gasteiger partial charge in [0.15, 0.2) is 6.61 Å². The fourth-order valence-corrected chi connectivity index (χ4v) is 2.76. The zero-order chi connectivity index (χ0) is 20.3. The Labute approximate surface area is 164 Å². The molecule has 0 spiro atoms. The highest BCUT2D eigenvalue weighted by molar-refractivity contribution is 6.30. The fraction of sp³-hybridized carbons (Fsp3) is 0.158. The van der Waals surface area contributed by atoms with Crippen LogP contribution < -0.4 is 10.1 Å². The number of benzene rings is 2. The first-order valence-corrected chi connectivity index (χ1v) is 8.56. The SMILES string of the molecule is Cc1ccc(NC(=O)COC(=O)C2=Cc3cc(Cl)ccc3OC2)c([N+](=O)[O-])c1. The Morgan fingerprint density at radius 2 is 2.07 bits per heavy atom. The van der Waals surface area contributed by atoms with Crippen molar-refractivity contribution in [2.75, 3.05) is 18.5 Å². The molecule has 144 valence electrons. The molecule has 1 amide bonds. The Kier molecular flexibility index (Phi) is 5.60. The molecule has 0 saturated heterocycles. The number of hydrogen-bond acceptors (Lipinski definition) is 6. The largest absolute Gasteiger partial charge is 0.488 e. The van der Waals surface area contributed by atoms with Gasteiger partial charge in [-0.2, -0.15) is 0 Å². The van der Waals surface area contributed by atoms with E-state index in [0.29, 0.717) is 21.9 Å². The quantitative estimate of drug-likeness (QED) is 0.465. The first-order chi connectivity index (χ1) is 13.3. The van der Waals surface area contributed by atoms with Gasteiger partial charge < -0.3 is 14.8 Å². The number of esters is 1. The number of carbonyl (C=O) groups excluding carboxylic acids is 2. The average Bonchev–Trinajstić information content (AvgIpc) is 2.66. The molecule has 0 unspecified atom stereocenters. The van der Waals surface area contributed by atoms with Crippen LogP contribution in [0.25, 0.3) is 6.08 Å². The van der Waals surface area contributed by atoms with Crippen molar-refractivity contribution in [2.24, 2.45) is 0 Å². The number of amides is 1. The van der Waals surface area contributed by atoms with Crippen molar-refractivity contribution >= 4 is 40.9 Å². The maximum atomic E-state index is 12.2. The maximum Gasteiger partial charge on any atom is 0.338 e. The lowest BCUT2D eigenvalue weighted by Gasteiger charge is -2.17. The van der Waals surface area contributed by atoms with E-state index in [1.54, 1.807) is 37.3 Å². The van der Waals surface area contributed by atoms with E-state index in [-0.39, 0.29) is 23.6 Å². The lowest BCUT2D eigenvalue weighted by Crippen LogP contribution is -2.24. The number of fused-ring (bicyclic) bond motifs is 1. The van der Waals surface area contributed by atoms with E-state index in [2.05, 4.69) is 5.32 Å². The summed E-state index contributed by atoms with van der Waals surface area (Å²) in [7, 11) is 0. The summed E-state index contributed by atoms with van der Waals surface area (Å²) < 4.78 is 10.4. The summed E-state index contributed by atoms with van der Waals surface area (Å²) in [6, 6.07) is 9.40. The first kappa shape index (κ1) is 19.4. The number of carbonyl (C=O) groups is 2. The van der Waals surface area contributed by atoms with Gasteiger partial charge >= 0.3 is 5.97 Å². The Bertz CT molecular complexity index is 1000. The zero-order valence-electron chi connectivity index (χ0n) is 14.7. The Morgan fingerprint density at radius 3 is 2.82 bits per heavy atom. The topological polar surface area (TPSA) is 108 Å². The van der Waals surface area contributed by atoms with Gasteiger partial charge in [0.25, 0.3) is 11.6 Å². The molecule has 3 rings (SSSR count). The number of nitrogens with one attached hydrogen (secondary N) is 1. The molecule has 9 heteroatoms. The smallest absolute Gasteiger partial charge is 0.338 e. The van der Waals surface area contributed by atoms with Crippen molar-refractivity contribution in [1.29, 1.82) is 0 Å². The minimum atomic E-state index is -0.723. The van der Waals surface area contributed by atoms with Crippen LogP contribution >= 0.6 is 11.6 Å². The van der Waals surface area contributed by atoms with Crippen LogP contribution in [0, 0.1) is 17.0 Å². The van der Waals surface area contributed by atoms with Gasteiger partial charge in [0.05, 0.1) is 10.5 Å². The highest BCUT2D eigenvalue weighted by Gasteiger charge is 2.21. The summed E-state index contributed by atoms with van der Waals surface area (Å²) in [4.78, 5) is 34.7. The molecular formula is C19H15ClN2O6. The zero-order valence-corrected chi connectivity index (χ0v) is 15.5. The maximum absolute atomic E-state index is 12.2. The molecule has 0 fully saturated rings. The van der Waals surface area contributed by atoms with Crippen LogP contribution in [0.1, 0.15) is 11.1 Å². The molecule has 0 bridgehead atoms. The molecule has 2 aromatic carbocycles. The van der Waals surface area contributed by atoms with Crippen LogP contribution in [0.5, 0.6) is 5.75 Å². The Morgan fingerprint density at radius 1 is 1.29 bits per heavy atom. The van der Waals surface area contributed by atoms with Gasteiger partial charge in [0.2, 0.25) is 0 Å². The number of hydrogen-bond donors (Lipinski definition) is 1. The molecule has 1 N–H and O–H groups in total. The fourth-order valence-electron chi connectivity index (χ4n) is 2.57. The van der Waals surface area contributed by atoms with E-state index in [1.165, 1.54) is 12.1 Å². The summed E-state index contributed by atoms with van der Waals surface area (Å²) in [6.45, 7) is 1.10. The van der Waals surface area contributed by atoms with Gasteiger partial charge in [0.1, 0.15) is 18.0 Å². The highest BCUT2D eigenvalue weighted by atomic mass is 35.5. The Hall–Kier alpha value is -3.39. The van der Waals surface area contributed by atoms with E-state index >= 15 is 0 Å². The minimum Gasteiger partial charge on any atom is -0.488 e. The second-order valence-corrected chi connectivity index (χ2v) is 6.48. The predicted molar refractivity (Wildman–Crippen MR) is 102 cm³/mol. The van der Waals surface area contributed by atoms with Gasteiger partial charge in [-0.1, -0.05) is 17.7 Å². The molecule has 0 aliphatic carbocycles. The summed E-state index contributed by atoms with van der Waals surface area (Å²) in [6.07, 6.45) is 1.58. The number of aryl methyl sites for hydroxylation is 1. The van der Waals surface area contributed by atoms with Crippen molar-refractivity contribution < 1.29 is 24.0 Å². The van der Waals surface area contributed by atoms with E-state index in [9.17, 15) is 19.7 Å². The van der Waals surface area contributed by atoms with E-state index in [1.807, 2.05) is 0 Å². The predicted octanol–water partition coefficient (Wildman–Crippen LogP) is 3.51. The molecule has 1 aliphatic heterocycles. The number of nitro groups is 1. The number of anilines is 1. The Balaban J connectivity index is 1.62. The number of rotatable bonds is 5. The van der Waals surface area contributed by atoms with Crippen molar-refractivity contribution in [2.45, 2.75) is 6.92 Å². The van der Waals surface area contributed by atoms with Crippen LogP contribution in [0.2, 0.25) is 5.02 Å². The van der Waals surface area contributed by atoms with Crippen LogP contribution in [-0.2, 0) is 14.3 Å². The van der Waals surface area contributed by atoms with E-state index in [4.69, 9.17) is 21.1 Å². The van der Waals surface area contributed by atoms with Gasteiger partial charge in [-0.05, 0) is 42.8 Å². The van der Waals surface area contributed by atoms with Crippen LogP contribution in [0.15, 0.2) is 42.0 Å². The summed E-state index contributed by atoms with van der Waals surface area (Å²) in [5.74, 6) is -0.828. The summed E-state index contributed by atoms with van der Waals surface area (Å²) in [5, 5.41) is 14.0. The third kappa shape index (κ3) is 4.47. The molecule has 0 radical (unpaired) electrons. The molecule has 28 heavy (non-hydrogen) atoms. The first-order valence-electron chi connectivity index (χ1n) is 8.18. The molecule has 0 aromatic heterocycles. The minimum absolute atomic E-state index is 0.00147. The van der Waals surface area contributed by atoms with Gasteiger partial charge in [-0.3, -0.25) is 14.9 Å². The highest BCUT2D eigenvalue weighted by Crippen LogP contribution is 2.29. The van der Waals surface area contributed by atoms with E-state index < -0.39 is 23.4 Å². The second-order valence-electron chi connectivity index (χ2n) is 6.04. The van der Waals surface area contributed by atoms with Crippen molar-refractivity contribution in [3.05, 3.63) is 68.2 Å². The molecule has 1 aliphatic rings. The average molecular weight is 403 g/mol. The number of nitrogens with zero attached hydrogens (tertiary/aromatic N) is 1. The molecular weight excluding hydrogens is 388 g/mol. The van der Waals surface area contributed by atoms with Crippen molar-refractivity contribution in [3.63, 3.8) is 0 Å². The second kappa shape index (κ2) is 8.10. The monoisotopic (exact) mass is 402 g/mol. The standard InChI is InChI=1S/C19H15ClN2O6/c1-11-2-4-15(16(6-11)22(25)26)21-18(23)10-28-19(24)13-7-12-8-14(20)3-5-17(12)27-9-13/h2-8H,9-10H2,1H3,(H,21,23). The molecule has 0 atom stereocenters. The third-order valence-corrected chi connectivity index (χ3v) is 4.14. The third-order valence-electron chi connectivity index (χ3n) is 3.91. The normalized spacial score (nSPS) is 12.3. The number of halogens is 1. The lowest BCUT2D eigenvalue weighted by molar-refractivity contribution is -0.384. The summed E-state index contributed by atoms with van der Waals surface area (Å²) >= 11 is 5.93. The molecule has 2 aromatic rings. The van der Waals surface area contributed by atoms with Gasteiger partial charge in [-0.15, -0.1) is 0 Å². The van der Waals surface area contributed by atoms with Crippen LogP contribution in [-0.4, -0.2) is 30.0 Å². The number of ether oxygens (including phenoxy) is 2. The van der Waals surface area contributed by atoms with Crippen molar-refractivity contribution in [3.8, 4) is 5.75 Å². The van der Waals surface area contributed by atoms with Crippen LogP contribution in [0.4, 0.5) is 11.4 Å². The molecule has 8 nitrogen and oxygen atoms in total.